The molecule has 0 N–H and O–H groups in total. The van der Waals surface area contributed by atoms with Gasteiger partial charge >= 0.3 is 0 Å². The number of carbonyl (C=O) groups is 1. The fraction of sp³-hybridized carbons (Fsp3) is 0.364. The first-order valence-electron chi connectivity index (χ1n) is 4.57. The topological polar surface area (TPSA) is 35.5 Å². The van der Waals surface area contributed by atoms with Crippen LogP contribution in [0, 0.1) is 0 Å². The summed E-state index contributed by atoms with van der Waals surface area (Å²) in [5.41, 5.74) is 1.03. The maximum absolute atomic E-state index is 10.3. The van der Waals surface area contributed by atoms with Gasteiger partial charge in [-0.15, -0.1) is 0 Å². The molecule has 1 aromatic rings. The second-order valence-corrected chi connectivity index (χ2v) is 3.81. The Morgan fingerprint density at radius 2 is 1.80 bits per heavy atom. The summed E-state index contributed by atoms with van der Waals surface area (Å²) in [7, 11) is 3.20. The quantitative estimate of drug-likeness (QED) is 0.773. The Morgan fingerprint density at radius 1 is 1.27 bits per heavy atom. The van der Waals surface area contributed by atoms with Crippen LogP contribution in [0.15, 0.2) is 16.6 Å². The van der Waals surface area contributed by atoms with Crippen molar-refractivity contribution in [2.45, 2.75) is 12.8 Å². The normalized spacial score (nSPS) is 9.80. The van der Waals surface area contributed by atoms with E-state index in [1.165, 1.54) is 0 Å². The van der Waals surface area contributed by atoms with E-state index in [4.69, 9.17) is 9.47 Å². The fourth-order valence-electron chi connectivity index (χ4n) is 1.29. The van der Waals surface area contributed by atoms with Gasteiger partial charge < -0.3 is 14.3 Å². The third kappa shape index (κ3) is 2.96. The van der Waals surface area contributed by atoms with Gasteiger partial charge in [0.25, 0.3) is 0 Å². The van der Waals surface area contributed by atoms with Crippen molar-refractivity contribution >= 4 is 22.2 Å². The van der Waals surface area contributed by atoms with E-state index in [1.54, 1.807) is 14.2 Å². The average molecular weight is 273 g/mol. The van der Waals surface area contributed by atoms with E-state index in [1.807, 2.05) is 12.1 Å². The number of ether oxygens (including phenoxy) is 2. The highest BCUT2D eigenvalue weighted by Gasteiger charge is 2.09. The Morgan fingerprint density at radius 3 is 2.20 bits per heavy atom. The molecule has 0 bridgehead atoms. The third-order valence-electron chi connectivity index (χ3n) is 2.06. The monoisotopic (exact) mass is 272 g/mol. The number of hydrogen-bond acceptors (Lipinski definition) is 3. The van der Waals surface area contributed by atoms with Gasteiger partial charge in [0.15, 0.2) is 0 Å². The summed E-state index contributed by atoms with van der Waals surface area (Å²) in [6.45, 7) is 0. The first kappa shape index (κ1) is 12.0. The van der Waals surface area contributed by atoms with Crippen molar-refractivity contribution in [1.29, 1.82) is 0 Å². The number of rotatable bonds is 5. The zero-order valence-electron chi connectivity index (χ0n) is 8.75. The minimum atomic E-state index is 0.508. The number of hydrogen-bond donors (Lipinski definition) is 0. The second kappa shape index (κ2) is 5.75. The van der Waals surface area contributed by atoms with Gasteiger partial charge in [0.2, 0.25) is 0 Å². The minimum absolute atomic E-state index is 0.508. The Kier molecular flexibility index (Phi) is 4.62. The molecule has 1 aromatic carbocycles. The molecular formula is C11H13BrO3. The Balaban J connectivity index is 3.03. The smallest absolute Gasteiger partial charge is 0.137 e. The molecule has 0 radical (unpaired) electrons. The average Bonchev–Trinajstić information content (AvgIpc) is 2.27. The van der Waals surface area contributed by atoms with Gasteiger partial charge in [-0.2, -0.15) is 0 Å². The molecular weight excluding hydrogens is 260 g/mol. The molecule has 82 valence electrons. The molecule has 4 heteroatoms. The number of carbonyl (C=O) groups excluding carboxylic acids is 1. The van der Waals surface area contributed by atoms with Crippen LogP contribution in [0.1, 0.15) is 12.0 Å². The highest BCUT2D eigenvalue weighted by atomic mass is 79.9. The molecule has 3 nitrogen and oxygen atoms in total. The summed E-state index contributed by atoms with van der Waals surface area (Å²) in [5.74, 6) is 1.44. The molecule has 0 aliphatic carbocycles. The molecule has 0 unspecified atom stereocenters. The lowest BCUT2D eigenvalue weighted by Gasteiger charge is -2.10. The molecule has 15 heavy (non-hydrogen) atoms. The van der Waals surface area contributed by atoms with E-state index in [0.29, 0.717) is 12.8 Å². The SMILES string of the molecule is COc1cc(CCC=O)cc(OC)c1Br. The molecule has 0 saturated heterocycles. The summed E-state index contributed by atoms with van der Waals surface area (Å²) >= 11 is 3.38. The maximum Gasteiger partial charge on any atom is 0.137 e. The van der Waals surface area contributed by atoms with E-state index < -0.39 is 0 Å². The number of halogens is 1. The molecule has 0 saturated carbocycles. The van der Waals surface area contributed by atoms with Crippen LogP contribution < -0.4 is 9.47 Å². The Labute approximate surface area is 97.5 Å². The van der Waals surface area contributed by atoms with Gasteiger partial charge in [0.05, 0.1) is 14.2 Å². The molecule has 0 aliphatic heterocycles. The first-order chi connectivity index (χ1) is 7.22. The van der Waals surface area contributed by atoms with Gasteiger partial charge in [-0.25, -0.2) is 0 Å². The van der Waals surface area contributed by atoms with Crippen molar-refractivity contribution in [3.63, 3.8) is 0 Å². The number of aldehydes is 1. The lowest BCUT2D eigenvalue weighted by Crippen LogP contribution is -1.94. The van der Waals surface area contributed by atoms with Gasteiger partial charge in [-0.3, -0.25) is 0 Å². The third-order valence-corrected chi connectivity index (χ3v) is 2.84. The van der Waals surface area contributed by atoms with Gasteiger partial charge in [-0.05, 0) is 40.0 Å². The van der Waals surface area contributed by atoms with Crippen LogP contribution >= 0.6 is 15.9 Å². The number of benzene rings is 1. The Bertz CT molecular complexity index is 325. The van der Waals surface area contributed by atoms with Crippen LogP contribution in [0.4, 0.5) is 0 Å². The maximum atomic E-state index is 10.3. The Hall–Kier alpha value is -1.03. The van der Waals surface area contributed by atoms with E-state index in [2.05, 4.69) is 15.9 Å². The second-order valence-electron chi connectivity index (χ2n) is 3.02. The van der Waals surface area contributed by atoms with Crippen molar-refractivity contribution in [3.8, 4) is 11.5 Å². The number of aryl methyl sites for hydroxylation is 1. The van der Waals surface area contributed by atoms with Crippen LogP contribution in [0.25, 0.3) is 0 Å². The van der Waals surface area contributed by atoms with Crippen molar-refractivity contribution in [2.75, 3.05) is 14.2 Å². The van der Waals surface area contributed by atoms with Crippen LogP contribution in [0.5, 0.6) is 11.5 Å². The zero-order valence-corrected chi connectivity index (χ0v) is 10.3. The summed E-state index contributed by atoms with van der Waals surface area (Å²) < 4.78 is 11.2. The highest BCUT2D eigenvalue weighted by Crippen LogP contribution is 2.35. The lowest BCUT2D eigenvalue weighted by atomic mass is 10.1. The van der Waals surface area contributed by atoms with Crippen LogP contribution in [-0.4, -0.2) is 20.5 Å². The molecule has 0 aliphatic rings. The van der Waals surface area contributed by atoms with Gasteiger partial charge in [0, 0.05) is 6.42 Å². The zero-order chi connectivity index (χ0) is 11.3. The molecule has 0 fully saturated rings. The minimum Gasteiger partial charge on any atom is -0.495 e. The summed E-state index contributed by atoms with van der Waals surface area (Å²) in [6.07, 6.45) is 2.11. The van der Waals surface area contributed by atoms with E-state index in [-0.39, 0.29) is 0 Å². The summed E-state index contributed by atoms with van der Waals surface area (Å²) in [6, 6.07) is 3.80. The van der Waals surface area contributed by atoms with Crippen molar-refractivity contribution in [2.24, 2.45) is 0 Å². The van der Waals surface area contributed by atoms with Crippen LogP contribution in [-0.2, 0) is 11.2 Å². The van der Waals surface area contributed by atoms with Crippen LogP contribution in [0.3, 0.4) is 0 Å². The summed E-state index contributed by atoms with van der Waals surface area (Å²) in [4.78, 5) is 10.3. The molecule has 0 spiro atoms. The predicted octanol–water partition coefficient (Wildman–Crippen LogP) is 2.60. The van der Waals surface area contributed by atoms with Crippen molar-refractivity contribution in [3.05, 3.63) is 22.2 Å². The lowest BCUT2D eigenvalue weighted by molar-refractivity contribution is -0.107. The molecule has 0 aromatic heterocycles. The van der Waals surface area contributed by atoms with Crippen molar-refractivity contribution in [1.82, 2.24) is 0 Å². The highest BCUT2D eigenvalue weighted by molar-refractivity contribution is 9.10. The van der Waals surface area contributed by atoms with Crippen LogP contribution in [0.2, 0.25) is 0 Å². The van der Waals surface area contributed by atoms with Gasteiger partial charge in [-0.1, -0.05) is 0 Å². The number of methoxy groups -OCH3 is 2. The predicted molar refractivity (Wildman–Crippen MR) is 61.6 cm³/mol. The van der Waals surface area contributed by atoms with Gasteiger partial charge in [0.1, 0.15) is 22.3 Å². The fourth-order valence-corrected chi connectivity index (χ4v) is 1.85. The standard InChI is InChI=1S/C11H13BrO3/c1-14-9-6-8(4-3-5-13)7-10(15-2)11(9)12/h5-7H,3-4H2,1-2H3. The largest absolute Gasteiger partial charge is 0.495 e. The van der Waals surface area contributed by atoms with Crippen molar-refractivity contribution < 1.29 is 14.3 Å². The molecule has 0 amide bonds. The summed E-state index contributed by atoms with van der Waals surface area (Å²) in [5, 5.41) is 0. The van der Waals surface area contributed by atoms with E-state index >= 15 is 0 Å². The molecule has 0 heterocycles. The van der Waals surface area contributed by atoms with E-state index in [0.717, 1.165) is 27.8 Å². The molecule has 0 atom stereocenters. The molecule has 1 rings (SSSR count). The van der Waals surface area contributed by atoms with E-state index in [9.17, 15) is 4.79 Å². The first-order valence-corrected chi connectivity index (χ1v) is 5.36.